The third-order valence-corrected chi connectivity index (χ3v) is 7.94. The van der Waals surface area contributed by atoms with Crippen molar-refractivity contribution in [1.82, 2.24) is 19.2 Å². The fraction of sp³-hybridized carbons (Fsp3) is 0.304. The number of aromatic amines is 1. The SMILES string of the molecule is CN1CCC(=O)N2CCc3[nH]cnc3C2Cc2cccc(c2)Oc2cccc(c2)S1(=O)=O. The van der Waals surface area contributed by atoms with Gasteiger partial charge >= 0.3 is 0 Å². The van der Waals surface area contributed by atoms with Crippen LogP contribution in [0.1, 0.15) is 29.4 Å². The highest BCUT2D eigenvalue weighted by Crippen LogP contribution is 2.33. The van der Waals surface area contributed by atoms with E-state index in [2.05, 4.69) is 9.97 Å². The van der Waals surface area contributed by atoms with Crippen LogP contribution in [0.5, 0.6) is 11.5 Å². The van der Waals surface area contributed by atoms with Crippen LogP contribution in [-0.2, 0) is 27.7 Å². The summed E-state index contributed by atoms with van der Waals surface area (Å²) in [4.78, 5) is 22.9. The summed E-state index contributed by atoms with van der Waals surface area (Å²) in [5.41, 5.74) is 2.92. The maximum atomic E-state index is 13.2. The van der Waals surface area contributed by atoms with Gasteiger partial charge in [0.05, 0.1) is 23.0 Å². The van der Waals surface area contributed by atoms with E-state index in [0.717, 1.165) is 17.0 Å². The molecule has 2 aromatic carbocycles. The molecule has 0 fully saturated rings. The number of carbonyl (C=O) groups excluding carboxylic acids is 1. The standard InChI is InChI=1S/C23H24N4O4S/c1-26-10-9-22(28)27-11-8-20-23(25-15-24-20)21(27)13-16-4-2-5-17(12-16)31-18-6-3-7-19(14-18)32(26,29)30/h2-7,12,14-15,21H,8-11,13H2,1H3,(H,24,25). The van der Waals surface area contributed by atoms with Crippen LogP contribution in [0.2, 0.25) is 0 Å². The number of aromatic nitrogens is 2. The van der Waals surface area contributed by atoms with Crippen molar-refractivity contribution in [3.8, 4) is 11.5 Å². The molecule has 5 rings (SSSR count). The molecule has 0 saturated carbocycles. The molecule has 1 amide bonds. The number of nitrogens with one attached hydrogen (secondary N) is 1. The third kappa shape index (κ3) is 3.78. The summed E-state index contributed by atoms with van der Waals surface area (Å²) in [6.07, 6.45) is 3.05. The van der Waals surface area contributed by atoms with Crippen LogP contribution in [0.4, 0.5) is 0 Å². The van der Waals surface area contributed by atoms with Gasteiger partial charge in [0.25, 0.3) is 0 Å². The summed E-state index contributed by atoms with van der Waals surface area (Å²) in [5, 5.41) is 0. The maximum absolute atomic E-state index is 13.2. The Morgan fingerprint density at radius 3 is 2.69 bits per heavy atom. The topological polar surface area (TPSA) is 95.6 Å². The number of sulfonamides is 1. The van der Waals surface area contributed by atoms with Gasteiger partial charge in [0.1, 0.15) is 11.5 Å². The molecule has 1 atom stereocenters. The number of hydrogen-bond donors (Lipinski definition) is 1. The molecule has 0 radical (unpaired) electrons. The monoisotopic (exact) mass is 452 g/mol. The van der Waals surface area contributed by atoms with Gasteiger partial charge in [0, 0.05) is 44.7 Å². The molecule has 1 unspecified atom stereocenters. The molecule has 32 heavy (non-hydrogen) atoms. The first kappa shape index (κ1) is 20.7. The van der Waals surface area contributed by atoms with E-state index in [4.69, 9.17) is 4.74 Å². The van der Waals surface area contributed by atoms with Crippen LogP contribution in [0.25, 0.3) is 0 Å². The van der Waals surface area contributed by atoms with Crippen LogP contribution < -0.4 is 4.74 Å². The van der Waals surface area contributed by atoms with Crippen LogP contribution >= 0.6 is 0 Å². The van der Waals surface area contributed by atoms with Crippen LogP contribution in [0.3, 0.4) is 0 Å². The summed E-state index contributed by atoms with van der Waals surface area (Å²) < 4.78 is 33.3. The molecule has 1 N–H and O–H groups in total. The van der Waals surface area contributed by atoms with Crippen molar-refractivity contribution in [2.24, 2.45) is 0 Å². The lowest BCUT2D eigenvalue weighted by molar-refractivity contribution is -0.134. The van der Waals surface area contributed by atoms with Gasteiger partial charge in [0.2, 0.25) is 15.9 Å². The second kappa shape index (κ2) is 8.07. The highest BCUT2D eigenvalue weighted by Gasteiger charge is 2.33. The van der Waals surface area contributed by atoms with E-state index < -0.39 is 10.0 Å². The van der Waals surface area contributed by atoms with Gasteiger partial charge in [-0.25, -0.2) is 17.7 Å². The van der Waals surface area contributed by atoms with E-state index in [1.807, 2.05) is 29.2 Å². The van der Waals surface area contributed by atoms with E-state index in [1.54, 1.807) is 18.5 Å². The quantitative estimate of drug-likeness (QED) is 0.566. The lowest BCUT2D eigenvalue weighted by Gasteiger charge is -2.35. The molecule has 1 aromatic heterocycles. The predicted molar refractivity (Wildman–Crippen MR) is 118 cm³/mol. The first-order valence-corrected chi connectivity index (χ1v) is 12.0. The number of imidazole rings is 1. The second-order valence-corrected chi connectivity index (χ2v) is 10.2. The number of benzene rings is 2. The van der Waals surface area contributed by atoms with E-state index in [1.165, 1.54) is 23.5 Å². The first-order chi connectivity index (χ1) is 15.4. The Hall–Kier alpha value is -3.17. The molecule has 2 aliphatic heterocycles. The smallest absolute Gasteiger partial charge is 0.242 e. The molecule has 4 bridgehead atoms. The molecule has 0 saturated heterocycles. The maximum Gasteiger partial charge on any atom is 0.242 e. The van der Waals surface area contributed by atoms with Crippen molar-refractivity contribution in [3.63, 3.8) is 0 Å². The summed E-state index contributed by atoms with van der Waals surface area (Å²) >= 11 is 0. The zero-order valence-electron chi connectivity index (χ0n) is 17.7. The van der Waals surface area contributed by atoms with Gasteiger partial charge in [-0.15, -0.1) is 0 Å². The molecule has 8 nitrogen and oxygen atoms in total. The predicted octanol–water partition coefficient (Wildman–Crippen LogP) is 2.89. The minimum absolute atomic E-state index is 0.0817. The average molecular weight is 453 g/mol. The molecular weight excluding hydrogens is 428 g/mol. The van der Waals surface area contributed by atoms with Gasteiger partial charge in [-0.05, 0) is 36.2 Å². The Labute approximate surface area is 186 Å². The van der Waals surface area contributed by atoms with Crippen molar-refractivity contribution in [2.45, 2.75) is 30.2 Å². The summed E-state index contributed by atoms with van der Waals surface area (Å²) in [6, 6.07) is 13.9. The molecule has 3 heterocycles. The first-order valence-electron chi connectivity index (χ1n) is 10.6. The fourth-order valence-electron chi connectivity index (χ4n) is 4.35. The van der Waals surface area contributed by atoms with E-state index >= 15 is 0 Å². The Morgan fingerprint density at radius 1 is 1.06 bits per heavy atom. The number of ether oxygens (including phenoxy) is 1. The zero-order valence-corrected chi connectivity index (χ0v) is 18.5. The number of amides is 1. The third-order valence-electron chi connectivity index (χ3n) is 6.08. The minimum Gasteiger partial charge on any atom is -0.457 e. The largest absolute Gasteiger partial charge is 0.457 e. The van der Waals surface area contributed by atoms with Crippen molar-refractivity contribution < 1.29 is 17.9 Å². The lowest BCUT2D eigenvalue weighted by atomic mass is 9.95. The molecule has 2 aliphatic rings. The summed E-state index contributed by atoms with van der Waals surface area (Å²) in [7, 11) is -2.26. The van der Waals surface area contributed by atoms with Gasteiger partial charge in [0.15, 0.2) is 0 Å². The van der Waals surface area contributed by atoms with Gasteiger partial charge in [-0.2, -0.15) is 0 Å². The summed E-state index contributed by atoms with van der Waals surface area (Å²) in [5.74, 6) is 0.967. The summed E-state index contributed by atoms with van der Waals surface area (Å²) in [6.45, 7) is 0.656. The second-order valence-electron chi connectivity index (χ2n) is 8.12. The number of carbonyl (C=O) groups is 1. The van der Waals surface area contributed by atoms with Crippen LogP contribution in [0, 0.1) is 0 Å². The normalized spacial score (nSPS) is 21.0. The Morgan fingerprint density at radius 2 is 1.84 bits per heavy atom. The van der Waals surface area contributed by atoms with Crippen molar-refractivity contribution >= 4 is 15.9 Å². The fourth-order valence-corrected chi connectivity index (χ4v) is 5.56. The van der Waals surface area contributed by atoms with Gasteiger partial charge in [-0.1, -0.05) is 18.2 Å². The highest BCUT2D eigenvalue weighted by atomic mass is 32.2. The Balaban J connectivity index is 1.58. The Bertz CT molecular complexity index is 1270. The molecule has 9 heteroatoms. The lowest BCUT2D eigenvalue weighted by Crippen LogP contribution is -2.42. The molecule has 0 aliphatic carbocycles. The highest BCUT2D eigenvalue weighted by molar-refractivity contribution is 7.89. The van der Waals surface area contributed by atoms with Crippen molar-refractivity contribution in [3.05, 3.63) is 71.8 Å². The molecule has 0 spiro atoms. The zero-order chi connectivity index (χ0) is 22.3. The van der Waals surface area contributed by atoms with Crippen LogP contribution in [-0.4, -0.2) is 53.6 Å². The van der Waals surface area contributed by atoms with E-state index in [-0.39, 0.29) is 29.8 Å². The average Bonchev–Trinajstić information content (AvgIpc) is 3.27. The number of hydrogen-bond acceptors (Lipinski definition) is 5. The molecule has 166 valence electrons. The van der Waals surface area contributed by atoms with Gasteiger partial charge in [-0.3, -0.25) is 4.79 Å². The Kier molecular flexibility index (Phi) is 5.22. The van der Waals surface area contributed by atoms with Crippen molar-refractivity contribution in [2.75, 3.05) is 20.1 Å². The number of fused-ring (bicyclic) bond motifs is 7. The number of nitrogens with zero attached hydrogens (tertiary/aromatic N) is 3. The number of H-pyrrole nitrogens is 1. The van der Waals surface area contributed by atoms with Gasteiger partial charge < -0.3 is 14.6 Å². The molecular formula is C23H24N4O4S. The minimum atomic E-state index is -3.76. The van der Waals surface area contributed by atoms with Crippen LogP contribution in [0.15, 0.2) is 59.8 Å². The van der Waals surface area contributed by atoms with E-state index in [9.17, 15) is 13.2 Å². The molecule has 3 aromatic rings. The number of rotatable bonds is 0. The van der Waals surface area contributed by atoms with E-state index in [0.29, 0.717) is 30.9 Å². The van der Waals surface area contributed by atoms with Crippen molar-refractivity contribution in [1.29, 1.82) is 0 Å².